The molecule has 6 nitrogen and oxygen atoms in total. The molecule has 0 aromatic heterocycles. The van der Waals surface area contributed by atoms with Crippen LogP contribution in [0.15, 0.2) is 84.9 Å². The van der Waals surface area contributed by atoms with Gasteiger partial charge in [-0.25, -0.2) is 18.4 Å². The van der Waals surface area contributed by atoms with E-state index in [0.717, 1.165) is 22.3 Å². The zero-order valence-electron chi connectivity index (χ0n) is 19.7. The van der Waals surface area contributed by atoms with Crippen LogP contribution in [0.5, 0.6) is 0 Å². The van der Waals surface area contributed by atoms with Crippen LogP contribution in [0.3, 0.4) is 0 Å². The van der Waals surface area contributed by atoms with E-state index in [0.29, 0.717) is 22.7 Å². The molecular formula is C28H24F2N4O2. The largest absolute Gasteiger partial charge is 0.323 e. The normalized spacial score (nSPS) is 10.4. The van der Waals surface area contributed by atoms with Crippen LogP contribution in [0, 0.1) is 25.5 Å². The number of amides is 4. The van der Waals surface area contributed by atoms with E-state index >= 15 is 0 Å². The Balaban J connectivity index is 1.41. The van der Waals surface area contributed by atoms with Crippen molar-refractivity contribution in [2.45, 2.75) is 13.8 Å². The number of benzene rings is 4. The van der Waals surface area contributed by atoms with Gasteiger partial charge in [0, 0.05) is 22.7 Å². The average Bonchev–Trinajstić information content (AvgIpc) is 2.81. The Hall–Kier alpha value is -4.72. The Morgan fingerprint density at radius 2 is 0.972 bits per heavy atom. The first kappa shape index (κ1) is 24.4. The van der Waals surface area contributed by atoms with Crippen LogP contribution in [-0.4, -0.2) is 12.1 Å². The molecular weight excluding hydrogens is 462 g/mol. The standard InChI is InChI=1S/C28H24F2N4O2/c1-17-13-19(9-11-25(17)33-27(35)31-23-7-3-5-21(29)15-23)20-10-12-26(18(2)14-20)34-28(36)32-24-8-4-6-22(30)16-24/h3-16H,1-2H3,(H2,31,33,35)(H2,32,34,36). The van der Waals surface area contributed by atoms with E-state index < -0.39 is 23.7 Å². The molecule has 4 rings (SSSR count). The lowest BCUT2D eigenvalue weighted by Gasteiger charge is -2.14. The molecule has 0 saturated heterocycles. The van der Waals surface area contributed by atoms with Gasteiger partial charge >= 0.3 is 12.1 Å². The molecule has 0 heterocycles. The van der Waals surface area contributed by atoms with Crippen molar-refractivity contribution < 1.29 is 18.4 Å². The maximum absolute atomic E-state index is 13.3. The molecule has 0 aliphatic heterocycles. The second-order valence-corrected chi connectivity index (χ2v) is 8.24. The SMILES string of the molecule is Cc1cc(-c2ccc(NC(=O)Nc3cccc(F)c3)c(C)c2)ccc1NC(=O)Nc1cccc(F)c1. The van der Waals surface area contributed by atoms with Crippen LogP contribution in [0.1, 0.15) is 11.1 Å². The summed E-state index contributed by atoms with van der Waals surface area (Å²) in [6, 6.07) is 21.6. The summed E-state index contributed by atoms with van der Waals surface area (Å²) in [5.41, 5.74) is 5.51. The minimum Gasteiger partial charge on any atom is -0.308 e. The molecule has 0 unspecified atom stereocenters. The first-order valence-electron chi connectivity index (χ1n) is 11.2. The zero-order valence-corrected chi connectivity index (χ0v) is 19.7. The fourth-order valence-corrected chi connectivity index (χ4v) is 3.67. The van der Waals surface area contributed by atoms with Crippen LogP contribution in [0.25, 0.3) is 11.1 Å². The molecule has 4 amide bonds. The van der Waals surface area contributed by atoms with Gasteiger partial charge in [0.25, 0.3) is 0 Å². The third-order valence-electron chi connectivity index (χ3n) is 5.45. The first-order chi connectivity index (χ1) is 17.3. The van der Waals surface area contributed by atoms with Gasteiger partial charge in [-0.2, -0.15) is 0 Å². The van der Waals surface area contributed by atoms with Gasteiger partial charge in [-0.05, 0) is 96.8 Å². The molecule has 182 valence electrons. The van der Waals surface area contributed by atoms with Crippen molar-refractivity contribution in [1.82, 2.24) is 0 Å². The minimum atomic E-state index is -0.473. The molecule has 4 aromatic carbocycles. The van der Waals surface area contributed by atoms with Gasteiger partial charge in [-0.15, -0.1) is 0 Å². The van der Waals surface area contributed by atoms with E-state index in [-0.39, 0.29) is 0 Å². The predicted molar refractivity (Wildman–Crippen MR) is 139 cm³/mol. The zero-order chi connectivity index (χ0) is 25.7. The Bertz CT molecular complexity index is 1330. The third-order valence-corrected chi connectivity index (χ3v) is 5.45. The van der Waals surface area contributed by atoms with Gasteiger partial charge < -0.3 is 21.3 Å². The van der Waals surface area contributed by atoms with Crippen LogP contribution in [-0.2, 0) is 0 Å². The number of rotatable bonds is 5. The highest BCUT2D eigenvalue weighted by Crippen LogP contribution is 2.28. The molecule has 8 heteroatoms. The van der Waals surface area contributed by atoms with Crippen molar-refractivity contribution in [2.24, 2.45) is 0 Å². The molecule has 0 aliphatic rings. The van der Waals surface area contributed by atoms with Gasteiger partial charge in [0.15, 0.2) is 0 Å². The first-order valence-corrected chi connectivity index (χ1v) is 11.2. The predicted octanol–water partition coefficient (Wildman–Crippen LogP) is 7.54. The molecule has 4 N–H and O–H groups in total. The van der Waals surface area contributed by atoms with Gasteiger partial charge in [0.05, 0.1) is 0 Å². The van der Waals surface area contributed by atoms with Crippen molar-refractivity contribution in [3.63, 3.8) is 0 Å². The smallest absolute Gasteiger partial charge is 0.308 e. The number of hydrogen-bond donors (Lipinski definition) is 4. The quantitative estimate of drug-likeness (QED) is 0.235. The number of hydrogen-bond acceptors (Lipinski definition) is 2. The van der Waals surface area contributed by atoms with E-state index in [1.54, 1.807) is 24.3 Å². The van der Waals surface area contributed by atoms with E-state index in [1.807, 2.05) is 38.1 Å². The highest BCUT2D eigenvalue weighted by Gasteiger charge is 2.10. The number of halogens is 2. The lowest BCUT2D eigenvalue weighted by molar-refractivity contribution is 0.261. The Kier molecular flexibility index (Phi) is 7.25. The third kappa shape index (κ3) is 6.24. The van der Waals surface area contributed by atoms with Crippen molar-refractivity contribution in [3.05, 3.63) is 108 Å². The van der Waals surface area contributed by atoms with Crippen molar-refractivity contribution in [2.75, 3.05) is 21.3 Å². The second kappa shape index (κ2) is 10.7. The van der Waals surface area contributed by atoms with E-state index in [1.165, 1.54) is 36.4 Å². The summed E-state index contributed by atoms with van der Waals surface area (Å²) in [4.78, 5) is 24.6. The number of nitrogens with one attached hydrogen (secondary N) is 4. The Morgan fingerprint density at radius 1 is 0.556 bits per heavy atom. The highest BCUT2D eigenvalue weighted by molar-refractivity contribution is 6.01. The maximum atomic E-state index is 13.3. The molecule has 0 fully saturated rings. The van der Waals surface area contributed by atoms with Crippen LogP contribution in [0.4, 0.5) is 41.1 Å². The number of aryl methyl sites for hydroxylation is 2. The van der Waals surface area contributed by atoms with Crippen molar-refractivity contribution in [1.29, 1.82) is 0 Å². The van der Waals surface area contributed by atoms with Crippen molar-refractivity contribution in [3.8, 4) is 11.1 Å². The van der Waals surface area contributed by atoms with Gasteiger partial charge in [0.1, 0.15) is 11.6 Å². The summed E-state index contributed by atoms with van der Waals surface area (Å²) in [5, 5.41) is 10.8. The molecule has 36 heavy (non-hydrogen) atoms. The second-order valence-electron chi connectivity index (χ2n) is 8.24. The molecule has 0 radical (unpaired) electrons. The van der Waals surface area contributed by atoms with Gasteiger partial charge in [-0.1, -0.05) is 24.3 Å². The van der Waals surface area contributed by atoms with Crippen LogP contribution in [0.2, 0.25) is 0 Å². The molecule has 0 bridgehead atoms. The number of carbonyl (C=O) groups excluding carboxylic acids is 2. The summed E-state index contributed by atoms with van der Waals surface area (Å²) in [6.07, 6.45) is 0. The van der Waals surface area contributed by atoms with Crippen LogP contribution >= 0.6 is 0 Å². The molecule has 4 aromatic rings. The maximum Gasteiger partial charge on any atom is 0.323 e. The summed E-state index contributed by atoms with van der Waals surface area (Å²) < 4.78 is 26.6. The minimum absolute atomic E-state index is 0.357. The summed E-state index contributed by atoms with van der Waals surface area (Å²) in [6.45, 7) is 3.75. The lowest BCUT2D eigenvalue weighted by Crippen LogP contribution is -2.20. The lowest BCUT2D eigenvalue weighted by atomic mass is 10.00. The molecule has 0 aliphatic carbocycles. The van der Waals surface area contributed by atoms with Crippen molar-refractivity contribution >= 4 is 34.8 Å². The molecule has 0 saturated carbocycles. The summed E-state index contributed by atoms with van der Waals surface area (Å²) >= 11 is 0. The molecule has 0 atom stereocenters. The average molecular weight is 487 g/mol. The van der Waals surface area contributed by atoms with E-state index in [4.69, 9.17) is 0 Å². The Labute approximate surface area is 207 Å². The number of carbonyl (C=O) groups is 2. The topological polar surface area (TPSA) is 82.3 Å². The fraction of sp³-hybridized carbons (Fsp3) is 0.0714. The summed E-state index contributed by atoms with van der Waals surface area (Å²) in [5.74, 6) is -0.867. The number of anilines is 4. The monoisotopic (exact) mass is 486 g/mol. The van der Waals surface area contributed by atoms with Gasteiger partial charge in [0.2, 0.25) is 0 Å². The van der Waals surface area contributed by atoms with E-state index in [9.17, 15) is 18.4 Å². The highest BCUT2D eigenvalue weighted by atomic mass is 19.1. The molecule has 0 spiro atoms. The van der Waals surface area contributed by atoms with Gasteiger partial charge in [-0.3, -0.25) is 0 Å². The van der Waals surface area contributed by atoms with Crippen LogP contribution < -0.4 is 21.3 Å². The summed E-state index contributed by atoms with van der Waals surface area (Å²) in [7, 11) is 0. The van der Waals surface area contributed by atoms with E-state index in [2.05, 4.69) is 21.3 Å². The number of urea groups is 2. The fourth-order valence-electron chi connectivity index (χ4n) is 3.67. The Morgan fingerprint density at radius 3 is 1.33 bits per heavy atom.